The number of ether oxygens (including phenoxy) is 1. The Balaban J connectivity index is 2.17. The van der Waals surface area contributed by atoms with Crippen LogP contribution in [0.3, 0.4) is 0 Å². The van der Waals surface area contributed by atoms with Crippen LogP contribution < -0.4 is 10.1 Å². The summed E-state index contributed by atoms with van der Waals surface area (Å²) in [5, 5.41) is 4.04. The van der Waals surface area contributed by atoms with E-state index in [9.17, 15) is 9.59 Å². The van der Waals surface area contributed by atoms with Gasteiger partial charge < -0.3 is 15.0 Å². The predicted molar refractivity (Wildman–Crippen MR) is 112 cm³/mol. The van der Waals surface area contributed by atoms with Gasteiger partial charge in [-0.15, -0.1) is 0 Å². The molecule has 5 nitrogen and oxygen atoms in total. The minimum Gasteiger partial charge on any atom is -0.484 e. The maximum Gasteiger partial charge on any atom is 0.261 e. The van der Waals surface area contributed by atoms with Crippen molar-refractivity contribution in [3.05, 3.63) is 63.1 Å². The number of rotatable bonds is 8. The van der Waals surface area contributed by atoms with Gasteiger partial charge in [0.05, 0.1) is 10.0 Å². The van der Waals surface area contributed by atoms with Crippen LogP contribution >= 0.6 is 34.8 Å². The van der Waals surface area contributed by atoms with Crippen LogP contribution in [0.2, 0.25) is 15.1 Å². The van der Waals surface area contributed by atoms with Crippen molar-refractivity contribution in [3.63, 3.8) is 0 Å². The van der Waals surface area contributed by atoms with Crippen LogP contribution in [0.15, 0.2) is 42.5 Å². The van der Waals surface area contributed by atoms with Crippen molar-refractivity contribution in [2.45, 2.75) is 26.4 Å². The minimum absolute atomic E-state index is 0.187. The molecule has 150 valence electrons. The average Bonchev–Trinajstić information content (AvgIpc) is 2.66. The number of hydrogen-bond donors (Lipinski definition) is 1. The van der Waals surface area contributed by atoms with Crippen molar-refractivity contribution >= 4 is 46.6 Å². The van der Waals surface area contributed by atoms with Gasteiger partial charge in [-0.05, 0) is 49.7 Å². The quantitative estimate of drug-likeness (QED) is 0.650. The number of carbonyl (C=O) groups is 2. The van der Waals surface area contributed by atoms with E-state index in [4.69, 9.17) is 39.5 Å². The van der Waals surface area contributed by atoms with Gasteiger partial charge in [-0.1, -0.05) is 46.9 Å². The highest BCUT2D eigenvalue weighted by Crippen LogP contribution is 2.24. The van der Waals surface area contributed by atoms with E-state index in [1.165, 1.54) is 4.90 Å². The second-order valence-corrected chi connectivity index (χ2v) is 7.34. The van der Waals surface area contributed by atoms with Gasteiger partial charge in [-0.3, -0.25) is 9.59 Å². The lowest BCUT2D eigenvalue weighted by Crippen LogP contribution is -2.49. The molecule has 0 saturated carbocycles. The fraction of sp³-hybridized carbons (Fsp3) is 0.300. The van der Waals surface area contributed by atoms with Crippen molar-refractivity contribution in [3.8, 4) is 5.75 Å². The van der Waals surface area contributed by atoms with Gasteiger partial charge >= 0.3 is 0 Å². The molecule has 1 atom stereocenters. The zero-order valence-corrected chi connectivity index (χ0v) is 17.8. The second kappa shape index (κ2) is 10.6. The first kappa shape index (κ1) is 22.3. The summed E-state index contributed by atoms with van der Waals surface area (Å²) in [6.45, 7) is 3.91. The van der Waals surface area contributed by atoms with Gasteiger partial charge in [0.25, 0.3) is 5.91 Å². The fourth-order valence-electron chi connectivity index (χ4n) is 2.52. The summed E-state index contributed by atoms with van der Waals surface area (Å²) in [4.78, 5) is 26.6. The second-order valence-electron chi connectivity index (χ2n) is 6.09. The number of nitrogens with zero attached hydrogens (tertiary/aromatic N) is 1. The van der Waals surface area contributed by atoms with Gasteiger partial charge in [-0.2, -0.15) is 0 Å². The van der Waals surface area contributed by atoms with E-state index >= 15 is 0 Å². The zero-order valence-electron chi connectivity index (χ0n) is 15.5. The number of nitrogens with one attached hydrogen (secondary N) is 1. The van der Waals surface area contributed by atoms with E-state index in [0.717, 1.165) is 5.56 Å². The first-order valence-corrected chi connectivity index (χ1v) is 9.84. The maximum atomic E-state index is 12.8. The molecule has 2 aromatic rings. The summed E-state index contributed by atoms with van der Waals surface area (Å²) >= 11 is 18.0. The number of carbonyl (C=O) groups excluding carboxylic acids is 2. The highest BCUT2D eigenvalue weighted by molar-refractivity contribution is 6.42. The smallest absolute Gasteiger partial charge is 0.261 e. The first-order valence-electron chi connectivity index (χ1n) is 8.71. The molecule has 0 heterocycles. The Morgan fingerprint density at radius 1 is 1.11 bits per heavy atom. The van der Waals surface area contributed by atoms with Gasteiger partial charge in [-0.25, -0.2) is 0 Å². The van der Waals surface area contributed by atoms with E-state index in [-0.39, 0.29) is 25.0 Å². The van der Waals surface area contributed by atoms with Gasteiger partial charge in [0.15, 0.2) is 6.61 Å². The van der Waals surface area contributed by atoms with Crippen molar-refractivity contribution in [2.24, 2.45) is 0 Å². The van der Waals surface area contributed by atoms with Gasteiger partial charge in [0, 0.05) is 18.1 Å². The standard InChI is InChI=1S/C20H21Cl3N2O3/c1-3-24-20(27)13(2)25(11-14-7-8-17(22)18(23)9-14)19(26)12-28-16-6-4-5-15(21)10-16/h4-10,13H,3,11-12H2,1-2H3,(H,24,27). The van der Waals surface area contributed by atoms with Gasteiger partial charge in [0.2, 0.25) is 5.91 Å². The van der Waals surface area contributed by atoms with Crippen LogP contribution in [0.1, 0.15) is 19.4 Å². The third kappa shape index (κ3) is 6.30. The molecule has 0 aromatic heterocycles. The zero-order chi connectivity index (χ0) is 20.7. The molecule has 1 N–H and O–H groups in total. The molecule has 8 heteroatoms. The van der Waals surface area contributed by atoms with Crippen LogP contribution in [-0.4, -0.2) is 35.9 Å². The number of amides is 2. The molecule has 2 aromatic carbocycles. The highest BCUT2D eigenvalue weighted by Gasteiger charge is 2.26. The monoisotopic (exact) mass is 442 g/mol. The van der Waals surface area contributed by atoms with Crippen LogP contribution in [0.4, 0.5) is 0 Å². The largest absolute Gasteiger partial charge is 0.484 e. The lowest BCUT2D eigenvalue weighted by molar-refractivity contribution is -0.142. The SMILES string of the molecule is CCNC(=O)C(C)N(Cc1ccc(Cl)c(Cl)c1)C(=O)COc1cccc(Cl)c1. The third-order valence-electron chi connectivity index (χ3n) is 4.01. The Morgan fingerprint density at radius 2 is 1.86 bits per heavy atom. The molecule has 0 aliphatic heterocycles. The van der Waals surface area contributed by atoms with Crippen LogP contribution in [0.5, 0.6) is 5.75 Å². The lowest BCUT2D eigenvalue weighted by Gasteiger charge is -2.28. The van der Waals surface area contributed by atoms with Gasteiger partial charge in [0.1, 0.15) is 11.8 Å². The molecule has 2 amide bonds. The summed E-state index contributed by atoms with van der Waals surface area (Å²) in [6, 6.07) is 11.2. The molecule has 0 spiro atoms. The summed E-state index contributed by atoms with van der Waals surface area (Å²) in [5.74, 6) is -0.121. The third-order valence-corrected chi connectivity index (χ3v) is 4.99. The molecule has 0 bridgehead atoms. The number of benzene rings is 2. The van der Waals surface area contributed by atoms with E-state index in [0.29, 0.717) is 27.4 Å². The average molecular weight is 444 g/mol. The molecule has 0 radical (unpaired) electrons. The number of hydrogen-bond acceptors (Lipinski definition) is 3. The predicted octanol–water partition coefficient (Wildman–Crippen LogP) is 4.58. The lowest BCUT2D eigenvalue weighted by atomic mass is 10.1. The Morgan fingerprint density at radius 3 is 2.50 bits per heavy atom. The summed E-state index contributed by atoms with van der Waals surface area (Å²) in [5.41, 5.74) is 0.752. The molecule has 0 aliphatic carbocycles. The van der Waals surface area contributed by atoms with Crippen molar-refractivity contribution in [1.29, 1.82) is 0 Å². The molecule has 0 fully saturated rings. The topological polar surface area (TPSA) is 58.6 Å². The van der Waals surface area contributed by atoms with Crippen molar-refractivity contribution < 1.29 is 14.3 Å². The van der Waals surface area contributed by atoms with E-state index in [2.05, 4.69) is 5.32 Å². The molecular weight excluding hydrogens is 423 g/mol. The Bertz CT molecular complexity index is 845. The molecular formula is C20H21Cl3N2O3. The first-order chi connectivity index (χ1) is 13.3. The van der Waals surface area contributed by atoms with Crippen LogP contribution in [-0.2, 0) is 16.1 Å². The van der Waals surface area contributed by atoms with Crippen LogP contribution in [0.25, 0.3) is 0 Å². The van der Waals surface area contributed by atoms with Crippen molar-refractivity contribution in [1.82, 2.24) is 10.2 Å². The number of halogens is 3. The Hall–Kier alpha value is -1.95. The molecule has 0 saturated heterocycles. The van der Waals surface area contributed by atoms with Crippen LogP contribution in [0, 0.1) is 0 Å². The molecule has 28 heavy (non-hydrogen) atoms. The Kier molecular flexibility index (Phi) is 8.42. The summed E-state index contributed by atoms with van der Waals surface area (Å²) in [6.07, 6.45) is 0. The van der Waals surface area contributed by atoms with Crippen molar-refractivity contribution in [2.75, 3.05) is 13.2 Å². The summed E-state index contributed by atoms with van der Waals surface area (Å²) < 4.78 is 5.55. The fourth-order valence-corrected chi connectivity index (χ4v) is 3.02. The normalized spacial score (nSPS) is 11.6. The maximum absolute atomic E-state index is 12.8. The minimum atomic E-state index is -0.690. The Labute approximate surface area is 179 Å². The summed E-state index contributed by atoms with van der Waals surface area (Å²) in [7, 11) is 0. The van der Waals surface area contributed by atoms with E-state index in [1.54, 1.807) is 49.4 Å². The molecule has 2 rings (SSSR count). The molecule has 1 unspecified atom stereocenters. The molecule has 0 aliphatic rings. The van der Waals surface area contributed by atoms with E-state index < -0.39 is 6.04 Å². The van der Waals surface area contributed by atoms with E-state index in [1.807, 2.05) is 6.92 Å². The number of likely N-dealkylation sites (N-methyl/N-ethyl adjacent to an activating group) is 1. The highest BCUT2D eigenvalue weighted by atomic mass is 35.5.